The maximum atomic E-state index is 11.9. The van der Waals surface area contributed by atoms with Gasteiger partial charge in [0.2, 0.25) is 0 Å². The molecule has 1 atom stereocenters. The Bertz CT molecular complexity index is 476. The van der Waals surface area contributed by atoms with Crippen LogP contribution in [0.4, 0.5) is 0 Å². The van der Waals surface area contributed by atoms with Gasteiger partial charge in [-0.05, 0) is 33.6 Å². The lowest BCUT2D eigenvalue weighted by Gasteiger charge is -2.25. The summed E-state index contributed by atoms with van der Waals surface area (Å²) in [4.78, 5) is 34.8. The number of hydrogen-bond acceptors (Lipinski definition) is 6. The molecule has 2 N–H and O–H groups in total. The average Bonchev–Trinajstić information content (AvgIpc) is 2.51. The maximum absolute atomic E-state index is 11.9. The Morgan fingerprint density at radius 2 is 1.52 bits per heavy atom. The van der Waals surface area contributed by atoms with E-state index in [1.54, 1.807) is 0 Å². The Morgan fingerprint density at radius 1 is 0.926 bits per heavy atom. The first-order chi connectivity index (χ1) is 12.3. The van der Waals surface area contributed by atoms with E-state index >= 15 is 0 Å². The molecule has 0 saturated heterocycles. The third kappa shape index (κ3) is 14.4. The topological polar surface area (TPSA) is 102 Å². The van der Waals surface area contributed by atoms with Crippen molar-refractivity contribution in [1.29, 1.82) is 0 Å². The van der Waals surface area contributed by atoms with E-state index in [1.807, 2.05) is 41.5 Å². The van der Waals surface area contributed by atoms with Crippen LogP contribution >= 0.6 is 0 Å². The largest absolute Gasteiger partial charge is 0.480 e. The number of nitrogens with one attached hydrogen (secondary N) is 1. The van der Waals surface area contributed by atoms with E-state index in [9.17, 15) is 19.5 Å². The summed E-state index contributed by atoms with van der Waals surface area (Å²) in [5.41, 5.74) is -0.719. The minimum atomic E-state index is -0.939. The molecule has 0 heterocycles. The smallest absolute Gasteiger partial charge is 0.320 e. The molecule has 0 aliphatic rings. The first-order valence-electron chi connectivity index (χ1n) is 9.54. The number of aliphatic carboxylic acids is 1. The molecule has 7 heteroatoms. The van der Waals surface area contributed by atoms with Crippen molar-refractivity contribution in [3.8, 4) is 0 Å². The van der Waals surface area contributed by atoms with Gasteiger partial charge in [0.25, 0.3) is 0 Å². The van der Waals surface area contributed by atoms with Gasteiger partial charge >= 0.3 is 5.97 Å². The van der Waals surface area contributed by atoms with Crippen LogP contribution < -0.4 is 5.32 Å². The highest BCUT2D eigenvalue weighted by molar-refractivity contribution is 5.84. The maximum Gasteiger partial charge on any atom is 0.320 e. The normalized spacial score (nSPS) is 13.4. The van der Waals surface area contributed by atoms with E-state index in [1.165, 1.54) is 0 Å². The fourth-order valence-electron chi connectivity index (χ4n) is 2.18. The van der Waals surface area contributed by atoms with Crippen molar-refractivity contribution in [2.45, 2.75) is 78.8 Å². The zero-order valence-corrected chi connectivity index (χ0v) is 17.7. The second-order valence-electron chi connectivity index (χ2n) is 8.80. The van der Waals surface area contributed by atoms with E-state index < -0.39 is 17.4 Å². The third-order valence-corrected chi connectivity index (χ3v) is 3.80. The van der Waals surface area contributed by atoms with Gasteiger partial charge in [-0.25, -0.2) is 0 Å². The van der Waals surface area contributed by atoms with Crippen LogP contribution in [0.5, 0.6) is 0 Å². The Balaban J connectivity index is 3.77. The second kappa shape index (κ2) is 12.2. The Kier molecular flexibility index (Phi) is 11.6. The molecular weight excluding hydrogens is 350 g/mol. The summed E-state index contributed by atoms with van der Waals surface area (Å²) in [5, 5.41) is 12.2. The van der Waals surface area contributed by atoms with Crippen molar-refractivity contribution in [1.82, 2.24) is 5.32 Å². The van der Waals surface area contributed by atoms with E-state index in [-0.39, 0.29) is 36.6 Å². The van der Waals surface area contributed by atoms with Crippen LogP contribution in [0.1, 0.15) is 67.2 Å². The first kappa shape index (κ1) is 25.7. The number of carboxylic acid groups (broad SMARTS) is 1. The van der Waals surface area contributed by atoms with Crippen molar-refractivity contribution in [3.05, 3.63) is 0 Å². The molecule has 0 aliphatic heterocycles. The molecule has 0 unspecified atom stereocenters. The van der Waals surface area contributed by atoms with Crippen LogP contribution in [0, 0.1) is 5.41 Å². The molecule has 0 bridgehead atoms. The van der Waals surface area contributed by atoms with Crippen LogP contribution in [0.2, 0.25) is 0 Å². The number of rotatable bonds is 14. The number of Topliss-reactive ketones (excluding diaryl/α,β-unsaturated/α-hetero) is 2. The molecule has 0 aromatic heterocycles. The predicted molar refractivity (Wildman–Crippen MR) is 104 cm³/mol. The molecule has 27 heavy (non-hydrogen) atoms. The average molecular weight is 388 g/mol. The minimum absolute atomic E-state index is 0.0348. The number of ether oxygens (including phenoxy) is 2. The third-order valence-electron chi connectivity index (χ3n) is 3.80. The summed E-state index contributed by atoms with van der Waals surface area (Å²) in [5.74, 6) is -0.854. The van der Waals surface area contributed by atoms with Gasteiger partial charge < -0.3 is 14.6 Å². The number of carbonyl (C=O) groups is 3. The molecule has 0 radical (unpaired) electrons. The molecule has 0 aliphatic carbocycles. The molecule has 0 fully saturated rings. The zero-order chi connectivity index (χ0) is 21.1. The number of carboxylic acids is 1. The number of hydrogen-bond donors (Lipinski definition) is 2. The lowest BCUT2D eigenvalue weighted by molar-refractivity contribution is -0.140. The second-order valence-corrected chi connectivity index (χ2v) is 8.80. The molecule has 0 aromatic carbocycles. The monoisotopic (exact) mass is 387 g/mol. The Hall–Kier alpha value is -1.31. The van der Waals surface area contributed by atoms with Gasteiger partial charge in [0.1, 0.15) is 18.4 Å². The van der Waals surface area contributed by atoms with E-state index in [2.05, 4.69) is 5.32 Å². The highest BCUT2D eigenvalue weighted by Gasteiger charge is 2.23. The van der Waals surface area contributed by atoms with Gasteiger partial charge in [-0.2, -0.15) is 0 Å². The molecule has 0 rings (SSSR count). The van der Waals surface area contributed by atoms with Gasteiger partial charge in [0.05, 0.1) is 13.2 Å². The van der Waals surface area contributed by atoms with Crippen LogP contribution in [0.15, 0.2) is 0 Å². The first-order valence-corrected chi connectivity index (χ1v) is 9.54. The minimum Gasteiger partial charge on any atom is -0.480 e. The molecule has 0 amide bonds. The van der Waals surface area contributed by atoms with Crippen molar-refractivity contribution in [3.63, 3.8) is 0 Å². The molecule has 0 saturated carbocycles. The standard InChI is InChI=1S/C20H37NO6/c1-19(2,3)17(23)14-27-13-12-26-11-7-8-15(22)9-10-16(18(24)25)21-20(4,5)6/h16,21H,7-14H2,1-6H3,(H,24,25)/t16-/m0/s1. The van der Waals surface area contributed by atoms with E-state index in [4.69, 9.17) is 9.47 Å². The number of carbonyl (C=O) groups excluding carboxylic acids is 2. The predicted octanol–water partition coefficient (Wildman–Crippen LogP) is 2.61. The van der Waals surface area contributed by atoms with Crippen molar-refractivity contribution < 1.29 is 29.0 Å². The summed E-state index contributed by atoms with van der Waals surface area (Å²) in [6.45, 7) is 12.5. The van der Waals surface area contributed by atoms with Crippen molar-refractivity contribution in [2.75, 3.05) is 26.4 Å². The summed E-state index contributed by atoms with van der Waals surface area (Å²) in [7, 11) is 0. The van der Waals surface area contributed by atoms with E-state index in [0.717, 1.165) is 0 Å². The zero-order valence-electron chi connectivity index (χ0n) is 17.7. The lowest BCUT2D eigenvalue weighted by atomic mass is 9.91. The van der Waals surface area contributed by atoms with E-state index in [0.29, 0.717) is 32.7 Å². The summed E-state index contributed by atoms with van der Waals surface area (Å²) >= 11 is 0. The molecule has 158 valence electrons. The molecule has 7 nitrogen and oxygen atoms in total. The van der Waals surface area contributed by atoms with Crippen LogP contribution in [-0.2, 0) is 23.9 Å². The van der Waals surface area contributed by atoms with Crippen molar-refractivity contribution >= 4 is 17.5 Å². The number of ketones is 2. The van der Waals surface area contributed by atoms with Gasteiger partial charge in [0, 0.05) is 30.4 Å². The van der Waals surface area contributed by atoms with Crippen molar-refractivity contribution in [2.24, 2.45) is 5.41 Å². The van der Waals surface area contributed by atoms with Gasteiger partial charge in [-0.1, -0.05) is 20.8 Å². The fraction of sp³-hybridized carbons (Fsp3) is 0.850. The molecule has 0 aromatic rings. The highest BCUT2D eigenvalue weighted by Crippen LogP contribution is 2.14. The quantitative estimate of drug-likeness (QED) is 0.442. The van der Waals surface area contributed by atoms with Crippen LogP contribution in [0.25, 0.3) is 0 Å². The van der Waals surface area contributed by atoms with Gasteiger partial charge in [0.15, 0.2) is 5.78 Å². The van der Waals surface area contributed by atoms with Crippen LogP contribution in [-0.4, -0.2) is 60.7 Å². The summed E-state index contributed by atoms with van der Waals surface area (Å²) in [6.07, 6.45) is 1.47. The SMILES string of the molecule is CC(C)(C)N[C@@H](CCC(=O)CCCOCCOCC(=O)C(C)(C)C)C(=O)O. The Labute approximate surface area is 163 Å². The lowest BCUT2D eigenvalue weighted by Crippen LogP contribution is -2.47. The molecule has 0 spiro atoms. The summed E-state index contributed by atoms with van der Waals surface area (Å²) in [6, 6.07) is -0.724. The summed E-state index contributed by atoms with van der Waals surface area (Å²) < 4.78 is 10.7. The Morgan fingerprint density at radius 3 is 2.04 bits per heavy atom. The van der Waals surface area contributed by atoms with Gasteiger partial charge in [-0.15, -0.1) is 0 Å². The van der Waals surface area contributed by atoms with Crippen LogP contribution in [0.3, 0.4) is 0 Å². The van der Waals surface area contributed by atoms with Gasteiger partial charge in [-0.3, -0.25) is 19.7 Å². The highest BCUT2D eigenvalue weighted by atomic mass is 16.5. The molecular formula is C20H37NO6. The fourth-order valence-corrected chi connectivity index (χ4v) is 2.18.